The second-order valence-corrected chi connectivity index (χ2v) is 4.23. The summed E-state index contributed by atoms with van der Waals surface area (Å²) in [5.74, 6) is -0.128. The Kier molecular flexibility index (Phi) is 4.48. The van der Waals surface area contributed by atoms with Crippen LogP contribution in [-0.2, 0) is 0 Å². The molecule has 1 heterocycles. The van der Waals surface area contributed by atoms with Crippen molar-refractivity contribution >= 4 is 28.8 Å². The van der Waals surface area contributed by atoms with E-state index in [9.17, 15) is 4.79 Å². The number of rotatable bonds is 4. The predicted octanol–water partition coefficient (Wildman–Crippen LogP) is 1.19. The van der Waals surface area contributed by atoms with Crippen molar-refractivity contribution < 1.29 is 4.79 Å². The molecule has 9 heteroatoms. The van der Waals surface area contributed by atoms with Crippen LogP contribution in [-0.4, -0.2) is 33.6 Å². The lowest BCUT2D eigenvalue weighted by Crippen LogP contribution is -2.18. The summed E-state index contributed by atoms with van der Waals surface area (Å²) >= 11 is 5.95. The number of aromatic nitrogens is 4. The fourth-order valence-corrected chi connectivity index (χ4v) is 1.71. The van der Waals surface area contributed by atoms with Gasteiger partial charge in [-0.15, -0.1) is 10.2 Å². The van der Waals surface area contributed by atoms with Gasteiger partial charge < -0.3 is 10.6 Å². The van der Waals surface area contributed by atoms with Crippen LogP contribution in [0.2, 0.25) is 5.02 Å². The smallest absolute Gasteiger partial charge is 0.252 e. The number of anilines is 1. The number of allylic oxidation sites excluding steroid dienone is 1. The first kappa shape index (κ1) is 14.5. The summed E-state index contributed by atoms with van der Waals surface area (Å²) in [6.45, 7) is 0. The van der Waals surface area contributed by atoms with Crippen LogP contribution in [0.3, 0.4) is 0 Å². The highest BCUT2D eigenvalue weighted by Crippen LogP contribution is 2.21. The first-order valence-corrected chi connectivity index (χ1v) is 6.15. The number of carbonyl (C=O) groups is 1. The monoisotopic (exact) mass is 303 g/mol. The molecule has 1 aromatic carbocycles. The van der Waals surface area contributed by atoms with Crippen molar-refractivity contribution in [2.75, 3.05) is 12.4 Å². The number of amides is 1. The molecular weight excluding hydrogens is 294 g/mol. The van der Waals surface area contributed by atoms with Crippen LogP contribution in [0.15, 0.2) is 24.4 Å². The van der Waals surface area contributed by atoms with Crippen LogP contribution in [0, 0.1) is 11.3 Å². The summed E-state index contributed by atoms with van der Waals surface area (Å²) in [4.78, 5) is 11.6. The number of H-pyrrole nitrogens is 1. The highest BCUT2D eigenvalue weighted by molar-refractivity contribution is 6.34. The number of aromatic amines is 1. The van der Waals surface area contributed by atoms with Crippen LogP contribution < -0.4 is 10.6 Å². The molecule has 0 atom stereocenters. The maximum absolute atomic E-state index is 11.6. The molecule has 1 aromatic heterocycles. The molecule has 0 saturated heterocycles. The molecule has 8 nitrogen and oxygen atoms in total. The molecule has 0 unspecified atom stereocenters. The quantitative estimate of drug-likeness (QED) is 0.730. The zero-order valence-electron chi connectivity index (χ0n) is 10.9. The molecule has 0 aliphatic heterocycles. The molecule has 2 aromatic rings. The number of nitrogens with one attached hydrogen (secondary N) is 3. The minimum atomic E-state index is -0.300. The molecule has 0 spiro atoms. The Morgan fingerprint density at radius 1 is 1.52 bits per heavy atom. The molecule has 0 aliphatic rings. The van der Waals surface area contributed by atoms with Gasteiger partial charge in [-0.05, 0) is 23.4 Å². The third-order valence-electron chi connectivity index (χ3n) is 2.53. The SMILES string of the molecule is CNC(=O)c1cc(NC=C(C#N)c2nn[nH]n2)ccc1Cl. The minimum absolute atomic E-state index is 0.172. The van der Waals surface area contributed by atoms with Gasteiger partial charge in [-0.1, -0.05) is 11.6 Å². The van der Waals surface area contributed by atoms with E-state index in [1.54, 1.807) is 18.2 Å². The molecule has 0 saturated carbocycles. The molecule has 21 heavy (non-hydrogen) atoms. The van der Waals surface area contributed by atoms with E-state index in [1.165, 1.54) is 13.2 Å². The van der Waals surface area contributed by atoms with E-state index in [-0.39, 0.29) is 17.3 Å². The lowest BCUT2D eigenvalue weighted by Gasteiger charge is -2.06. The van der Waals surface area contributed by atoms with E-state index < -0.39 is 0 Å². The first-order chi connectivity index (χ1) is 10.2. The lowest BCUT2D eigenvalue weighted by atomic mass is 10.2. The summed E-state index contributed by atoms with van der Waals surface area (Å²) in [7, 11) is 1.52. The molecule has 106 valence electrons. The Hall–Kier alpha value is -2.92. The van der Waals surface area contributed by atoms with E-state index in [0.717, 1.165) is 0 Å². The van der Waals surface area contributed by atoms with E-state index in [4.69, 9.17) is 16.9 Å². The number of hydrogen-bond donors (Lipinski definition) is 3. The molecule has 2 rings (SSSR count). The molecule has 3 N–H and O–H groups in total. The van der Waals surface area contributed by atoms with Crippen molar-refractivity contribution in [3.63, 3.8) is 0 Å². The fourth-order valence-electron chi connectivity index (χ4n) is 1.50. The van der Waals surface area contributed by atoms with Crippen LogP contribution in [0.5, 0.6) is 0 Å². The average molecular weight is 304 g/mol. The fraction of sp³-hybridized carbons (Fsp3) is 0.0833. The van der Waals surface area contributed by atoms with Crippen molar-refractivity contribution in [2.45, 2.75) is 0 Å². The minimum Gasteiger partial charge on any atom is -0.360 e. The van der Waals surface area contributed by atoms with Gasteiger partial charge in [-0.2, -0.15) is 10.5 Å². The van der Waals surface area contributed by atoms with Crippen molar-refractivity contribution in [1.29, 1.82) is 5.26 Å². The summed E-state index contributed by atoms with van der Waals surface area (Å²) in [5, 5.41) is 27.8. The standard InChI is InChI=1S/C12H10ClN7O/c1-15-12(21)9-4-8(2-3-10(9)13)16-6-7(5-14)11-17-19-20-18-11/h2-4,6,16H,1H3,(H,15,21)(H,17,18,19,20). The Morgan fingerprint density at radius 2 is 2.33 bits per heavy atom. The predicted molar refractivity (Wildman–Crippen MR) is 76.2 cm³/mol. The van der Waals surface area contributed by atoms with Crippen molar-refractivity contribution in [2.24, 2.45) is 0 Å². The van der Waals surface area contributed by atoms with Gasteiger partial charge in [0.2, 0.25) is 5.82 Å². The topological polar surface area (TPSA) is 119 Å². The zero-order valence-corrected chi connectivity index (χ0v) is 11.6. The van der Waals surface area contributed by atoms with Gasteiger partial charge in [0.1, 0.15) is 11.6 Å². The number of halogens is 1. The van der Waals surface area contributed by atoms with Gasteiger partial charge in [0.25, 0.3) is 5.91 Å². The maximum atomic E-state index is 11.6. The van der Waals surface area contributed by atoms with Crippen LogP contribution in [0.25, 0.3) is 5.57 Å². The Morgan fingerprint density at radius 3 is 2.95 bits per heavy atom. The largest absolute Gasteiger partial charge is 0.360 e. The Labute approximate surface area is 124 Å². The molecule has 0 bridgehead atoms. The molecular formula is C12H10ClN7O. The molecule has 0 radical (unpaired) electrons. The highest BCUT2D eigenvalue weighted by atomic mass is 35.5. The number of tetrazole rings is 1. The van der Waals surface area contributed by atoms with Crippen LogP contribution in [0.4, 0.5) is 5.69 Å². The van der Waals surface area contributed by atoms with Gasteiger partial charge in [-0.25, -0.2) is 0 Å². The average Bonchev–Trinajstić information content (AvgIpc) is 3.03. The van der Waals surface area contributed by atoms with E-state index in [1.807, 2.05) is 6.07 Å². The van der Waals surface area contributed by atoms with Crippen molar-refractivity contribution in [3.05, 3.63) is 40.8 Å². The second-order valence-electron chi connectivity index (χ2n) is 3.82. The zero-order chi connectivity index (χ0) is 15.2. The van der Waals surface area contributed by atoms with Gasteiger partial charge in [0.05, 0.1) is 10.6 Å². The van der Waals surface area contributed by atoms with Crippen molar-refractivity contribution in [3.8, 4) is 6.07 Å². The maximum Gasteiger partial charge on any atom is 0.252 e. The number of hydrogen-bond acceptors (Lipinski definition) is 6. The molecule has 0 aliphatic carbocycles. The lowest BCUT2D eigenvalue weighted by molar-refractivity contribution is 0.0963. The number of carbonyl (C=O) groups excluding carboxylic acids is 1. The summed E-state index contributed by atoms with van der Waals surface area (Å²) in [6, 6.07) is 6.78. The Bertz CT molecular complexity index is 718. The summed E-state index contributed by atoms with van der Waals surface area (Å²) < 4.78 is 0. The van der Waals surface area contributed by atoms with Crippen LogP contribution in [0.1, 0.15) is 16.2 Å². The number of benzene rings is 1. The first-order valence-electron chi connectivity index (χ1n) is 5.78. The normalized spacial score (nSPS) is 10.8. The number of nitriles is 1. The van der Waals surface area contributed by atoms with E-state index >= 15 is 0 Å². The van der Waals surface area contributed by atoms with Gasteiger partial charge >= 0.3 is 0 Å². The molecule has 1 amide bonds. The third kappa shape index (κ3) is 3.34. The van der Waals surface area contributed by atoms with Gasteiger partial charge in [0, 0.05) is 18.9 Å². The van der Waals surface area contributed by atoms with Gasteiger partial charge in [-0.3, -0.25) is 4.79 Å². The van der Waals surface area contributed by atoms with E-state index in [2.05, 4.69) is 31.3 Å². The van der Waals surface area contributed by atoms with Crippen LogP contribution >= 0.6 is 11.6 Å². The van der Waals surface area contributed by atoms with Gasteiger partial charge in [0.15, 0.2) is 0 Å². The highest BCUT2D eigenvalue weighted by Gasteiger charge is 2.10. The van der Waals surface area contributed by atoms with Crippen molar-refractivity contribution in [1.82, 2.24) is 25.9 Å². The van der Waals surface area contributed by atoms with E-state index in [0.29, 0.717) is 16.3 Å². The third-order valence-corrected chi connectivity index (χ3v) is 2.86. The second kappa shape index (κ2) is 6.49. The summed E-state index contributed by atoms with van der Waals surface area (Å²) in [6.07, 6.45) is 1.42. The number of nitrogens with zero attached hydrogens (tertiary/aromatic N) is 4. The summed E-state index contributed by atoms with van der Waals surface area (Å²) in [5.41, 5.74) is 1.12. The molecule has 0 fully saturated rings. The Balaban J connectivity index is 2.24.